The SMILES string of the molecule is COCCN(C(=O)c1ccc(C(C)(C)C)cc1)c1nnc(-c2ccccc2C)s1. The molecule has 0 aliphatic carbocycles. The highest BCUT2D eigenvalue weighted by Crippen LogP contribution is 2.31. The summed E-state index contributed by atoms with van der Waals surface area (Å²) in [4.78, 5) is 14.9. The summed E-state index contributed by atoms with van der Waals surface area (Å²) >= 11 is 1.42. The third-order valence-electron chi connectivity index (χ3n) is 4.78. The van der Waals surface area contributed by atoms with Crippen LogP contribution in [0.1, 0.15) is 42.3 Å². The second-order valence-corrected chi connectivity index (χ2v) is 8.94. The minimum atomic E-state index is -0.102. The van der Waals surface area contributed by atoms with Crippen LogP contribution in [-0.2, 0) is 10.2 Å². The number of aromatic nitrogens is 2. The molecule has 152 valence electrons. The predicted octanol–water partition coefficient (Wildman–Crippen LogP) is 5.10. The van der Waals surface area contributed by atoms with Crippen LogP contribution in [0.3, 0.4) is 0 Å². The fourth-order valence-corrected chi connectivity index (χ4v) is 3.94. The van der Waals surface area contributed by atoms with Gasteiger partial charge in [0.05, 0.1) is 13.2 Å². The van der Waals surface area contributed by atoms with Gasteiger partial charge in [-0.1, -0.05) is 68.5 Å². The number of nitrogens with zero attached hydrogens (tertiary/aromatic N) is 3. The van der Waals surface area contributed by atoms with Gasteiger partial charge in [0, 0.05) is 18.2 Å². The molecule has 3 rings (SSSR count). The molecule has 0 aliphatic heterocycles. The van der Waals surface area contributed by atoms with Crippen molar-refractivity contribution in [2.75, 3.05) is 25.2 Å². The Morgan fingerprint density at radius 3 is 2.38 bits per heavy atom. The molecule has 2 aromatic carbocycles. The molecule has 0 spiro atoms. The number of rotatable bonds is 6. The van der Waals surface area contributed by atoms with Crippen molar-refractivity contribution in [1.82, 2.24) is 10.2 Å². The van der Waals surface area contributed by atoms with E-state index < -0.39 is 0 Å². The molecule has 0 aliphatic rings. The summed E-state index contributed by atoms with van der Waals surface area (Å²) in [6.07, 6.45) is 0. The fraction of sp³-hybridized carbons (Fsp3) is 0.348. The largest absolute Gasteiger partial charge is 0.383 e. The van der Waals surface area contributed by atoms with Gasteiger partial charge in [0.15, 0.2) is 0 Å². The molecule has 0 fully saturated rings. The van der Waals surface area contributed by atoms with E-state index in [9.17, 15) is 4.79 Å². The van der Waals surface area contributed by atoms with E-state index in [0.717, 1.165) is 16.1 Å². The average molecular weight is 410 g/mol. The number of carbonyl (C=O) groups excluding carboxylic acids is 1. The molecule has 6 heteroatoms. The van der Waals surface area contributed by atoms with Crippen LogP contribution in [0, 0.1) is 6.92 Å². The van der Waals surface area contributed by atoms with E-state index >= 15 is 0 Å². The molecule has 0 unspecified atom stereocenters. The van der Waals surface area contributed by atoms with Gasteiger partial charge in [-0.05, 0) is 35.6 Å². The number of hydrogen-bond donors (Lipinski definition) is 0. The van der Waals surface area contributed by atoms with Crippen LogP contribution in [0.25, 0.3) is 10.6 Å². The molecule has 3 aromatic rings. The maximum absolute atomic E-state index is 13.2. The lowest BCUT2D eigenvalue weighted by Crippen LogP contribution is -2.34. The van der Waals surface area contributed by atoms with Crippen LogP contribution < -0.4 is 4.90 Å². The molecule has 0 bridgehead atoms. The smallest absolute Gasteiger partial charge is 0.260 e. The fourth-order valence-electron chi connectivity index (χ4n) is 2.98. The van der Waals surface area contributed by atoms with Crippen LogP contribution in [0.4, 0.5) is 5.13 Å². The monoisotopic (exact) mass is 409 g/mol. The van der Waals surface area contributed by atoms with E-state index in [1.807, 2.05) is 55.5 Å². The van der Waals surface area contributed by atoms with E-state index in [2.05, 4.69) is 31.0 Å². The molecule has 1 amide bonds. The minimum Gasteiger partial charge on any atom is -0.383 e. The molecule has 1 aromatic heterocycles. The normalized spacial score (nSPS) is 11.5. The number of aryl methyl sites for hydroxylation is 1. The van der Waals surface area contributed by atoms with Gasteiger partial charge in [-0.2, -0.15) is 0 Å². The standard InChI is InChI=1S/C23H27N3O2S/c1-16-8-6-7-9-19(16)20-24-25-22(29-20)26(14-15-28-5)21(27)17-10-12-18(13-11-17)23(2,3)4/h6-13H,14-15H2,1-5H3. The summed E-state index contributed by atoms with van der Waals surface area (Å²) in [5.41, 5.74) is 4.02. The number of benzene rings is 2. The summed E-state index contributed by atoms with van der Waals surface area (Å²) < 4.78 is 5.22. The molecule has 0 saturated carbocycles. The first-order valence-corrected chi connectivity index (χ1v) is 10.4. The maximum atomic E-state index is 13.2. The highest BCUT2D eigenvalue weighted by Gasteiger charge is 2.23. The Balaban J connectivity index is 1.90. The van der Waals surface area contributed by atoms with Gasteiger partial charge >= 0.3 is 0 Å². The van der Waals surface area contributed by atoms with E-state index in [-0.39, 0.29) is 11.3 Å². The first-order chi connectivity index (χ1) is 13.8. The highest BCUT2D eigenvalue weighted by molar-refractivity contribution is 7.18. The summed E-state index contributed by atoms with van der Waals surface area (Å²) in [6.45, 7) is 9.35. The van der Waals surface area contributed by atoms with Crippen molar-refractivity contribution >= 4 is 22.4 Å². The Bertz CT molecular complexity index is 974. The van der Waals surface area contributed by atoms with Crippen molar-refractivity contribution in [2.45, 2.75) is 33.1 Å². The van der Waals surface area contributed by atoms with Crippen LogP contribution >= 0.6 is 11.3 Å². The summed E-state index contributed by atoms with van der Waals surface area (Å²) in [5, 5.41) is 10.0. The number of ether oxygens (including phenoxy) is 1. The molecule has 29 heavy (non-hydrogen) atoms. The third kappa shape index (κ3) is 4.89. The highest BCUT2D eigenvalue weighted by atomic mass is 32.1. The average Bonchev–Trinajstić information content (AvgIpc) is 3.17. The molecular weight excluding hydrogens is 382 g/mol. The lowest BCUT2D eigenvalue weighted by Gasteiger charge is -2.21. The van der Waals surface area contributed by atoms with Crippen molar-refractivity contribution in [2.24, 2.45) is 0 Å². The summed E-state index contributed by atoms with van der Waals surface area (Å²) in [7, 11) is 1.62. The quantitative estimate of drug-likeness (QED) is 0.568. The van der Waals surface area contributed by atoms with Crippen LogP contribution in [-0.4, -0.2) is 36.4 Å². The predicted molar refractivity (Wildman–Crippen MR) is 119 cm³/mol. The molecule has 0 N–H and O–H groups in total. The summed E-state index contributed by atoms with van der Waals surface area (Å²) in [6, 6.07) is 15.8. The van der Waals surface area contributed by atoms with Gasteiger partial charge in [-0.3, -0.25) is 9.69 Å². The molecule has 0 radical (unpaired) electrons. The van der Waals surface area contributed by atoms with Crippen molar-refractivity contribution < 1.29 is 9.53 Å². The Labute approximate surface area is 176 Å². The van der Waals surface area contributed by atoms with E-state index in [4.69, 9.17) is 4.74 Å². The van der Waals surface area contributed by atoms with E-state index in [1.165, 1.54) is 16.9 Å². The van der Waals surface area contributed by atoms with E-state index in [1.54, 1.807) is 12.0 Å². The number of anilines is 1. The first kappa shape index (κ1) is 21.1. The lowest BCUT2D eigenvalue weighted by molar-refractivity contribution is 0.0975. The molecule has 0 atom stereocenters. The van der Waals surface area contributed by atoms with Crippen molar-refractivity contribution in [3.05, 3.63) is 65.2 Å². The van der Waals surface area contributed by atoms with Crippen LogP contribution in [0.15, 0.2) is 48.5 Å². The van der Waals surface area contributed by atoms with Gasteiger partial charge < -0.3 is 4.74 Å². The minimum absolute atomic E-state index is 0.0407. The van der Waals surface area contributed by atoms with Gasteiger partial charge in [-0.15, -0.1) is 10.2 Å². The number of hydrogen-bond acceptors (Lipinski definition) is 5. The number of carbonyl (C=O) groups is 1. The topological polar surface area (TPSA) is 55.3 Å². The zero-order chi connectivity index (χ0) is 21.0. The number of amides is 1. The molecular formula is C23H27N3O2S. The van der Waals surface area contributed by atoms with Crippen molar-refractivity contribution in [1.29, 1.82) is 0 Å². The zero-order valence-corrected chi connectivity index (χ0v) is 18.4. The Hall–Kier alpha value is -2.57. The first-order valence-electron chi connectivity index (χ1n) is 9.62. The Morgan fingerprint density at radius 1 is 1.07 bits per heavy atom. The van der Waals surface area contributed by atoms with Gasteiger partial charge in [-0.25, -0.2) is 0 Å². The molecule has 0 saturated heterocycles. The van der Waals surface area contributed by atoms with Gasteiger partial charge in [0.25, 0.3) is 5.91 Å². The van der Waals surface area contributed by atoms with Crippen LogP contribution in [0.5, 0.6) is 0 Å². The van der Waals surface area contributed by atoms with Crippen molar-refractivity contribution in [3.63, 3.8) is 0 Å². The summed E-state index contributed by atoms with van der Waals surface area (Å²) in [5.74, 6) is -0.102. The third-order valence-corrected chi connectivity index (χ3v) is 5.76. The molecule has 5 nitrogen and oxygen atoms in total. The Morgan fingerprint density at radius 2 is 1.76 bits per heavy atom. The lowest BCUT2D eigenvalue weighted by atomic mass is 9.86. The second-order valence-electron chi connectivity index (χ2n) is 7.98. The van der Waals surface area contributed by atoms with Gasteiger partial charge in [0.2, 0.25) is 5.13 Å². The molecule has 1 heterocycles. The maximum Gasteiger partial charge on any atom is 0.260 e. The second kappa shape index (κ2) is 8.84. The van der Waals surface area contributed by atoms with Crippen LogP contribution in [0.2, 0.25) is 0 Å². The van der Waals surface area contributed by atoms with E-state index in [0.29, 0.717) is 23.8 Å². The van der Waals surface area contributed by atoms with Crippen molar-refractivity contribution in [3.8, 4) is 10.6 Å². The number of methoxy groups -OCH3 is 1. The Kier molecular flexibility index (Phi) is 6.45. The zero-order valence-electron chi connectivity index (χ0n) is 17.6. The van der Waals surface area contributed by atoms with Gasteiger partial charge in [0.1, 0.15) is 5.01 Å².